The largest absolute Gasteiger partial charge is 0.491 e. The summed E-state index contributed by atoms with van der Waals surface area (Å²) in [5.74, 6) is 3.06. The normalized spacial score (nSPS) is 34.3. The van der Waals surface area contributed by atoms with Crippen LogP contribution in [0.15, 0.2) is 12.1 Å². The number of ether oxygens (including phenoxy) is 2. The van der Waals surface area contributed by atoms with Gasteiger partial charge in [-0.1, -0.05) is 19.8 Å². The summed E-state index contributed by atoms with van der Waals surface area (Å²) in [5, 5.41) is 0. The van der Waals surface area contributed by atoms with Gasteiger partial charge in [-0.15, -0.1) is 0 Å². The molecule has 0 aliphatic heterocycles. The van der Waals surface area contributed by atoms with Crippen LogP contribution in [0.1, 0.15) is 78.1 Å². The number of benzene rings is 1. The summed E-state index contributed by atoms with van der Waals surface area (Å²) in [6, 6.07) is 2.95. The van der Waals surface area contributed by atoms with Gasteiger partial charge in [-0.25, -0.2) is 0 Å². The highest BCUT2D eigenvalue weighted by Crippen LogP contribution is 2.49. The molecule has 4 heteroatoms. The maximum absolute atomic E-state index is 14.3. The minimum atomic E-state index is -0.950. The maximum atomic E-state index is 14.3. The molecule has 0 N–H and O–H groups in total. The zero-order valence-corrected chi connectivity index (χ0v) is 18.7. The van der Waals surface area contributed by atoms with E-state index in [1.165, 1.54) is 69.9 Å². The topological polar surface area (TPSA) is 18.5 Å². The second-order valence-electron chi connectivity index (χ2n) is 10.2. The molecule has 1 aromatic carbocycles. The Labute approximate surface area is 180 Å². The van der Waals surface area contributed by atoms with E-state index in [9.17, 15) is 8.78 Å². The molecular weight excluding hydrogens is 382 g/mol. The predicted octanol–water partition coefficient (Wildman–Crippen LogP) is 7.40. The van der Waals surface area contributed by atoms with Gasteiger partial charge in [0.2, 0.25) is 11.6 Å². The van der Waals surface area contributed by atoms with Crippen molar-refractivity contribution in [1.82, 2.24) is 0 Å². The summed E-state index contributed by atoms with van der Waals surface area (Å²) in [6.07, 6.45) is 13.5. The standard InChI is InChI=1S/C26H38F2O2/c1-3-29-23-12-13-24(26(28)25(23)27)30-16-18-6-9-22-15-21(11-10-20(22)14-18)19-7-4-17(2)5-8-19/h12-13,17-22H,3-11,14-16H2,1-2H3. The van der Waals surface area contributed by atoms with E-state index in [-0.39, 0.29) is 11.5 Å². The first kappa shape index (κ1) is 21.9. The molecule has 0 amide bonds. The number of fused-ring (bicyclic) bond motifs is 1. The first-order valence-electron chi connectivity index (χ1n) is 12.3. The van der Waals surface area contributed by atoms with Crippen LogP contribution in [0.5, 0.6) is 11.5 Å². The Morgan fingerprint density at radius 2 is 1.27 bits per heavy atom. The zero-order chi connectivity index (χ0) is 21.1. The molecule has 4 atom stereocenters. The van der Waals surface area contributed by atoms with Crippen LogP contribution < -0.4 is 9.47 Å². The van der Waals surface area contributed by atoms with Crippen LogP contribution in [0.3, 0.4) is 0 Å². The van der Waals surface area contributed by atoms with Crippen molar-refractivity contribution in [2.45, 2.75) is 78.1 Å². The molecule has 3 aliphatic rings. The summed E-state index contributed by atoms with van der Waals surface area (Å²) in [5.41, 5.74) is 0. The molecule has 3 saturated carbocycles. The van der Waals surface area contributed by atoms with Gasteiger partial charge in [0.05, 0.1) is 13.2 Å². The smallest absolute Gasteiger partial charge is 0.204 e. The summed E-state index contributed by atoms with van der Waals surface area (Å²) < 4.78 is 39.2. The second-order valence-corrected chi connectivity index (χ2v) is 10.2. The highest BCUT2D eigenvalue weighted by atomic mass is 19.2. The van der Waals surface area contributed by atoms with Crippen molar-refractivity contribution in [2.24, 2.45) is 35.5 Å². The van der Waals surface area contributed by atoms with Crippen LogP contribution in [-0.2, 0) is 0 Å². The lowest BCUT2D eigenvalue weighted by atomic mass is 9.61. The molecule has 3 aliphatic carbocycles. The fourth-order valence-electron chi connectivity index (χ4n) is 6.46. The van der Waals surface area contributed by atoms with Gasteiger partial charge in [0.25, 0.3) is 0 Å². The van der Waals surface area contributed by atoms with Gasteiger partial charge in [-0.2, -0.15) is 8.78 Å². The summed E-state index contributed by atoms with van der Waals surface area (Å²) >= 11 is 0. The van der Waals surface area contributed by atoms with Crippen LogP contribution >= 0.6 is 0 Å². The summed E-state index contributed by atoms with van der Waals surface area (Å²) in [6.45, 7) is 4.95. The maximum Gasteiger partial charge on any atom is 0.204 e. The first-order chi connectivity index (χ1) is 14.5. The van der Waals surface area contributed by atoms with Gasteiger partial charge in [-0.05, 0) is 106 Å². The van der Waals surface area contributed by atoms with E-state index < -0.39 is 11.6 Å². The third-order valence-electron chi connectivity index (χ3n) is 8.28. The van der Waals surface area contributed by atoms with Crippen LogP contribution in [0.4, 0.5) is 8.78 Å². The van der Waals surface area contributed by atoms with E-state index in [1.807, 2.05) is 0 Å². The van der Waals surface area contributed by atoms with Crippen molar-refractivity contribution in [3.05, 3.63) is 23.8 Å². The molecule has 30 heavy (non-hydrogen) atoms. The molecule has 0 saturated heterocycles. The van der Waals surface area contributed by atoms with Crippen molar-refractivity contribution < 1.29 is 18.3 Å². The second kappa shape index (κ2) is 9.87. The van der Waals surface area contributed by atoms with E-state index in [1.54, 1.807) is 6.92 Å². The lowest BCUT2D eigenvalue weighted by Gasteiger charge is -2.45. The Morgan fingerprint density at radius 3 is 1.93 bits per heavy atom. The lowest BCUT2D eigenvalue weighted by Crippen LogP contribution is -2.35. The Kier molecular flexibility index (Phi) is 7.20. The zero-order valence-electron chi connectivity index (χ0n) is 18.7. The van der Waals surface area contributed by atoms with Gasteiger partial charge >= 0.3 is 0 Å². The number of rotatable bonds is 6. The number of hydrogen-bond donors (Lipinski definition) is 0. The van der Waals surface area contributed by atoms with Crippen molar-refractivity contribution in [1.29, 1.82) is 0 Å². The predicted molar refractivity (Wildman–Crippen MR) is 116 cm³/mol. The van der Waals surface area contributed by atoms with Crippen molar-refractivity contribution in [3.8, 4) is 11.5 Å². The molecule has 1 aromatic rings. The van der Waals surface area contributed by atoms with E-state index in [0.717, 1.165) is 36.0 Å². The minimum absolute atomic E-state index is 0.00770. The van der Waals surface area contributed by atoms with Crippen LogP contribution in [0, 0.1) is 47.1 Å². The van der Waals surface area contributed by atoms with E-state index in [0.29, 0.717) is 19.1 Å². The highest BCUT2D eigenvalue weighted by Gasteiger charge is 2.38. The molecule has 3 fully saturated rings. The van der Waals surface area contributed by atoms with Crippen LogP contribution in [0.25, 0.3) is 0 Å². The van der Waals surface area contributed by atoms with E-state index in [2.05, 4.69) is 6.92 Å². The Hall–Kier alpha value is -1.32. The Balaban J connectivity index is 1.26. The summed E-state index contributed by atoms with van der Waals surface area (Å²) in [4.78, 5) is 0. The molecule has 168 valence electrons. The Bertz CT molecular complexity index is 699. The van der Waals surface area contributed by atoms with Gasteiger partial charge in [0.15, 0.2) is 11.5 Å². The van der Waals surface area contributed by atoms with Crippen molar-refractivity contribution in [3.63, 3.8) is 0 Å². The molecular formula is C26H38F2O2. The highest BCUT2D eigenvalue weighted by molar-refractivity contribution is 5.35. The molecule has 0 aromatic heterocycles. The molecule has 4 rings (SSSR count). The molecule has 4 unspecified atom stereocenters. The van der Waals surface area contributed by atoms with Gasteiger partial charge < -0.3 is 9.47 Å². The van der Waals surface area contributed by atoms with E-state index >= 15 is 0 Å². The first-order valence-corrected chi connectivity index (χ1v) is 12.3. The molecule has 2 nitrogen and oxygen atoms in total. The SMILES string of the molecule is CCOc1ccc(OCC2CCC3CC(C4CCC(C)CC4)CCC3C2)c(F)c1F. The van der Waals surface area contributed by atoms with Crippen molar-refractivity contribution in [2.75, 3.05) is 13.2 Å². The molecule has 0 spiro atoms. The molecule has 0 bridgehead atoms. The lowest BCUT2D eigenvalue weighted by molar-refractivity contribution is 0.0490. The van der Waals surface area contributed by atoms with Crippen LogP contribution in [-0.4, -0.2) is 13.2 Å². The average molecular weight is 421 g/mol. The number of halogens is 2. The third kappa shape index (κ3) is 4.94. The fourth-order valence-corrected chi connectivity index (χ4v) is 6.46. The monoisotopic (exact) mass is 420 g/mol. The average Bonchev–Trinajstić information content (AvgIpc) is 2.76. The molecule has 0 heterocycles. The van der Waals surface area contributed by atoms with Gasteiger partial charge in [-0.3, -0.25) is 0 Å². The Morgan fingerprint density at radius 1 is 0.733 bits per heavy atom. The van der Waals surface area contributed by atoms with E-state index in [4.69, 9.17) is 9.47 Å². The van der Waals surface area contributed by atoms with Gasteiger partial charge in [0.1, 0.15) is 0 Å². The quantitative estimate of drug-likeness (QED) is 0.477. The van der Waals surface area contributed by atoms with Crippen molar-refractivity contribution >= 4 is 0 Å². The minimum Gasteiger partial charge on any atom is -0.491 e. The fraction of sp³-hybridized carbons (Fsp3) is 0.769. The van der Waals surface area contributed by atoms with Crippen LogP contribution in [0.2, 0.25) is 0 Å². The molecule has 0 radical (unpaired) electrons. The summed E-state index contributed by atoms with van der Waals surface area (Å²) in [7, 11) is 0. The third-order valence-corrected chi connectivity index (χ3v) is 8.28. The van der Waals surface area contributed by atoms with Gasteiger partial charge in [0, 0.05) is 0 Å². The number of hydrogen-bond acceptors (Lipinski definition) is 2.